The van der Waals surface area contributed by atoms with E-state index in [1.807, 2.05) is 0 Å². The summed E-state index contributed by atoms with van der Waals surface area (Å²) in [6, 6.07) is 9.62. The van der Waals surface area contributed by atoms with Crippen molar-refractivity contribution in [3.63, 3.8) is 0 Å². The molecule has 156 valence electrons. The van der Waals surface area contributed by atoms with Crippen LogP contribution in [0.25, 0.3) is 11.6 Å². The van der Waals surface area contributed by atoms with Gasteiger partial charge in [0, 0.05) is 35.5 Å². The summed E-state index contributed by atoms with van der Waals surface area (Å²) in [6.45, 7) is 2.87. The summed E-state index contributed by atoms with van der Waals surface area (Å²) in [5.74, 6) is -0.808. The van der Waals surface area contributed by atoms with Crippen molar-refractivity contribution in [3.05, 3.63) is 58.4 Å². The van der Waals surface area contributed by atoms with E-state index in [0.29, 0.717) is 34.5 Å². The fourth-order valence-electron chi connectivity index (χ4n) is 3.84. The number of nitrogens with zero attached hydrogens (tertiary/aromatic N) is 1. The topological polar surface area (TPSA) is 61.4 Å². The molecule has 0 spiro atoms. The van der Waals surface area contributed by atoms with Crippen molar-refractivity contribution in [2.75, 3.05) is 30.3 Å². The molecule has 2 aliphatic heterocycles. The fourth-order valence-corrected chi connectivity index (χ4v) is 4.03. The Labute approximate surface area is 179 Å². The van der Waals surface area contributed by atoms with E-state index in [9.17, 15) is 14.0 Å². The number of carbonyl (C=O) groups excluding carboxylic acids is 2. The molecule has 0 atom stereocenters. The maximum absolute atomic E-state index is 13.4. The van der Waals surface area contributed by atoms with Crippen LogP contribution in [0, 0.1) is 5.82 Å². The molecule has 1 fully saturated rings. The third-order valence-electron chi connectivity index (χ3n) is 5.44. The Hall–Kier alpha value is -2.70. The number of rotatable bonds is 5. The average Bonchev–Trinajstić information content (AvgIpc) is 3.05. The molecule has 5 nitrogen and oxygen atoms in total. The highest BCUT2D eigenvalue weighted by Gasteiger charge is 2.24. The normalized spacial score (nSPS) is 17.7. The Morgan fingerprint density at radius 3 is 2.73 bits per heavy atom. The van der Waals surface area contributed by atoms with Crippen molar-refractivity contribution in [1.82, 2.24) is 4.90 Å². The Kier molecular flexibility index (Phi) is 6.16. The summed E-state index contributed by atoms with van der Waals surface area (Å²) in [6.07, 6.45) is 5.76. The molecular weight excluding hydrogens is 405 g/mol. The first-order chi connectivity index (χ1) is 14.5. The summed E-state index contributed by atoms with van der Waals surface area (Å²) < 4.78 is 13.4. The van der Waals surface area contributed by atoms with Crippen LogP contribution in [-0.4, -0.2) is 36.3 Å². The minimum atomic E-state index is -0.510. The van der Waals surface area contributed by atoms with Gasteiger partial charge in [0.25, 0.3) is 5.91 Å². The third-order valence-corrected chi connectivity index (χ3v) is 5.73. The highest BCUT2D eigenvalue weighted by molar-refractivity contribution is 6.35. The first-order valence-electron chi connectivity index (χ1n) is 10.1. The van der Waals surface area contributed by atoms with Gasteiger partial charge in [-0.1, -0.05) is 24.1 Å². The van der Waals surface area contributed by atoms with Gasteiger partial charge in [0.05, 0.1) is 5.02 Å². The lowest BCUT2D eigenvalue weighted by atomic mass is 10.0. The van der Waals surface area contributed by atoms with Crippen LogP contribution in [-0.2, 0) is 9.59 Å². The average molecular weight is 428 g/mol. The largest absolute Gasteiger partial charge is 0.326 e. The number of piperidine rings is 1. The third kappa shape index (κ3) is 4.71. The van der Waals surface area contributed by atoms with Gasteiger partial charge in [-0.05, 0) is 67.9 Å². The number of amides is 2. The van der Waals surface area contributed by atoms with Crippen molar-refractivity contribution in [1.29, 1.82) is 0 Å². The zero-order valence-electron chi connectivity index (χ0n) is 16.5. The molecule has 2 N–H and O–H groups in total. The standard InChI is InChI=1S/C23H23ClFN3O2/c24-19-13-15(4-6-20(19)25)12-18-17-14-16(5-7-21(17)27-23(18)30)26-22(29)8-11-28-9-2-1-3-10-28/h4-7,12-14H,1-3,8-11H2,(H,26,29)(H,27,30)/b18-12+. The molecule has 0 unspecified atom stereocenters. The van der Waals surface area contributed by atoms with Crippen LogP contribution in [0.2, 0.25) is 5.02 Å². The van der Waals surface area contributed by atoms with E-state index in [1.54, 1.807) is 30.3 Å². The van der Waals surface area contributed by atoms with Gasteiger partial charge >= 0.3 is 0 Å². The number of halogens is 2. The second kappa shape index (κ2) is 8.98. The van der Waals surface area contributed by atoms with Gasteiger partial charge in [-0.2, -0.15) is 0 Å². The van der Waals surface area contributed by atoms with E-state index in [1.165, 1.54) is 31.4 Å². The molecule has 2 amide bonds. The quantitative estimate of drug-likeness (QED) is 0.674. The number of carbonyl (C=O) groups is 2. The van der Waals surface area contributed by atoms with E-state index in [0.717, 1.165) is 19.6 Å². The van der Waals surface area contributed by atoms with Crippen LogP contribution in [0.3, 0.4) is 0 Å². The van der Waals surface area contributed by atoms with E-state index in [-0.39, 0.29) is 16.8 Å². The molecule has 0 aromatic heterocycles. The summed E-state index contributed by atoms with van der Waals surface area (Å²) >= 11 is 5.85. The van der Waals surface area contributed by atoms with E-state index < -0.39 is 5.82 Å². The number of likely N-dealkylation sites (tertiary alicyclic amines) is 1. The van der Waals surface area contributed by atoms with Crippen LogP contribution in [0.5, 0.6) is 0 Å². The predicted molar refractivity (Wildman–Crippen MR) is 118 cm³/mol. The van der Waals surface area contributed by atoms with Crippen LogP contribution in [0.4, 0.5) is 15.8 Å². The first-order valence-corrected chi connectivity index (χ1v) is 10.5. The number of nitrogens with one attached hydrogen (secondary N) is 2. The molecule has 2 aromatic carbocycles. The predicted octanol–water partition coefficient (Wildman–Crippen LogP) is 4.79. The fraction of sp³-hybridized carbons (Fsp3) is 0.304. The lowest BCUT2D eigenvalue weighted by Crippen LogP contribution is -2.32. The summed E-state index contributed by atoms with van der Waals surface area (Å²) in [4.78, 5) is 27.1. The maximum Gasteiger partial charge on any atom is 0.256 e. The lowest BCUT2D eigenvalue weighted by Gasteiger charge is -2.25. The molecule has 7 heteroatoms. The number of hydrogen-bond acceptors (Lipinski definition) is 3. The van der Waals surface area contributed by atoms with Crippen molar-refractivity contribution in [2.24, 2.45) is 0 Å². The number of hydrogen-bond donors (Lipinski definition) is 2. The summed E-state index contributed by atoms with van der Waals surface area (Å²) in [5, 5.41) is 5.73. The molecule has 2 aromatic rings. The van der Waals surface area contributed by atoms with Gasteiger partial charge in [-0.25, -0.2) is 4.39 Å². The van der Waals surface area contributed by atoms with Gasteiger partial charge in [0.15, 0.2) is 0 Å². The van der Waals surface area contributed by atoms with Crippen molar-refractivity contribution >= 4 is 46.4 Å². The van der Waals surface area contributed by atoms with Gasteiger partial charge in [0.1, 0.15) is 5.82 Å². The molecule has 2 aliphatic rings. The molecule has 0 aliphatic carbocycles. The Morgan fingerprint density at radius 1 is 1.17 bits per heavy atom. The van der Waals surface area contributed by atoms with Gasteiger partial charge < -0.3 is 15.5 Å². The maximum atomic E-state index is 13.4. The van der Waals surface area contributed by atoms with Crippen molar-refractivity contribution < 1.29 is 14.0 Å². The van der Waals surface area contributed by atoms with Gasteiger partial charge in [-0.15, -0.1) is 0 Å². The number of benzene rings is 2. The van der Waals surface area contributed by atoms with E-state index in [2.05, 4.69) is 15.5 Å². The summed E-state index contributed by atoms with van der Waals surface area (Å²) in [5.41, 5.74) is 3.06. The van der Waals surface area contributed by atoms with E-state index >= 15 is 0 Å². The monoisotopic (exact) mass is 427 g/mol. The Morgan fingerprint density at radius 2 is 1.97 bits per heavy atom. The van der Waals surface area contributed by atoms with Crippen LogP contribution >= 0.6 is 11.6 Å². The van der Waals surface area contributed by atoms with Crippen molar-refractivity contribution in [3.8, 4) is 0 Å². The molecule has 1 saturated heterocycles. The minimum absolute atomic E-state index is 0.00213. The molecular formula is C23H23ClFN3O2. The van der Waals surface area contributed by atoms with E-state index in [4.69, 9.17) is 11.6 Å². The number of fused-ring (bicyclic) bond motifs is 1. The SMILES string of the molecule is O=C(CCN1CCCCC1)Nc1ccc2c(c1)/C(=C\c1ccc(F)c(Cl)c1)C(=O)N2. The zero-order valence-corrected chi connectivity index (χ0v) is 17.3. The molecule has 0 saturated carbocycles. The molecule has 0 bridgehead atoms. The minimum Gasteiger partial charge on any atom is -0.326 e. The Bertz CT molecular complexity index is 1020. The van der Waals surface area contributed by atoms with Crippen molar-refractivity contribution in [2.45, 2.75) is 25.7 Å². The smallest absolute Gasteiger partial charge is 0.256 e. The second-order valence-corrected chi connectivity index (χ2v) is 8.05. The van der Waals surface area contributed by atoms with Gasteiger partial charge in [0.2, 0.25) is 5.91 Å². The number of anilines is 2. The second-order valence-electron chi connectivity index (χ2n) is 7.65. The van der Waals surface area contributed by atoms with Crippen LogP contribution in [0.15, 0.2) is 36.4 Å². The molecule has 30 heavy (non-hydrogen) atoms. The summed E-state index contributed by atoms with van der Waals surface area (Å²) in [7, 11) is 0. The lowest BCUT2D eigenvalue weighted by molar-refractivity contribution is -0.116. The molecule has 4 rings (SSSR count). The first kappa shape index (κ1) is 20.6. The van der Waals surface area contributed by atoms with Crippen LogP contribution < -0.4 is 10.6 Å². The highest BCUT2D eigenvalue weighted by Crippen LogP contribution is 2.35. The molecule has 0 radical (unpaired) electrons. The molecule has 2 heterocycles. The Balaban J connectivity index is 1.48. The zero-order chi connectivity index (χ0) is 21.1. The highest BCUT2D eigenvalue weighted by atomic mass is 35.5. The van der Waals surface area contributed by atoms with Crippen LogP contribution in [0.1, 0.15) is 36.8 Å². The van der Waals surface area contributed by atoms with Gasteiger partial charge in [-0.3, -0.25) is 9.59 Å².